The second-order valence-corrected chi connectivity index (χ2v) is 13.2. The predicted octanol–water partition coefficient (Wildman–Crippen LogP) is 11.7. The van der Waals surface area contributed by atoms with Gasteiger partial charge < -0.3 is 20.4 Å². The number of benzene rings is 1. The molecule has 0 aliphatic heterocycles. The Labute approximate surface area is 355 Å². The molecule has 0 saturated heterocycles. The van der Waals surface area contributed by atoms with Gasteiger partial charge in [0.2, 0.25) is 0 Å². The minimum atomic E-state index is -4.70. The number of halogens is 6. The Morgan fingerprint density at radius 3 is 1.30 bits per heavy atom. The van der Waals surface area contributed by atoms with Crippen LogP contribution < -0.4 is 10.2 Å². The van der Waals surface area contributed by atoms with Crippen LogP contribution in [0.25, 0.3) is 74.9 Å². The normalized spacial score (nSPS) is 11.9. The van der Waals surface area contributed by atoms with Crippen LogP contribution in [0.15, 0.2) is 109 Å². The van der Waals surface area contributed by atoms with Crippen molar-refractivity contribution in [1.29, 1.82) is 0 Å². The van der Waals surface area contributed by atoms with Crippen LogP contribution in [0, 0.1) is 13.8 Å². The van der Waals surface area contributed by atoms with E-state index in [0.29, 0.717) is 5.56 Å². The molecule has 1 aromatic carbocycles. The number of rotatable bonds is 8. The quantitative estimate of drug-likeness (QED) is 0.110. The van der Waals surface area contributed by atoms with Gasteiger partial charge in [0.15, 0.2) is 0 Å². The minimum absolute atomic E-state index is 0. The zero-order chi connectivity index (χ0) is 42.3. The van der Waals surface area contributed by atoms with Crippen molar-refractivity contribution in [2.24, 2.45) is 0 Å². The average Bonchev–Trinajstić information content (AvgIpc) is 3.91. The number of alkyl halides is 6. The summed E-state index contributed by atoms with van der Waals surface area (Å²) in [5.41, 5.74) is 7.01. The Hall–Kier alpha value is -6.34. The molecule has 306 valence electrons. The van der Waals surface area contributed by atoms with Crippen LogP contribution in [0.5, 0.6) is 0 Å². The zero-order valence-corrected chi connectivity index (χ0v) is 34.6. The van der Waals surface area contributed by atoms with Crippen LogP contribution in [-0.4, -0.2) is 30.1 Å². The van der Waals surface area contributed by atoms with Crippen molar-refractivity contribution < 1.29 is 45.8 Å². The molecule has 0 bridgehead atoms. The van der Waals surface area contributed by atoms with E-state index in [0.717, 1.165) is 68.3 Å². The molecule has 7 rings (SSSR count). The molecule has 15 heteroatoms. The van der Waals surface area contributed by atoms with Gasteiger partial charge in [-0.05, 0) is 134 Å². The van der Waals surface area contributed by atoms with Crippen molar-refractivity contribution in [3.05, 3.63) is 149 Å². The third-order valence-corrected chi connectivity index (χ3v) is 8.80. The van der Waals surface area contributed by atoms with E-state index >= 15 is 0 Å². The molecule has 6 heterocycles. The van der Waals surface area contributed by atoms with Crippen molar-refractivity contribution >= 4 is 18.2 Å². The molecule has 0 amide bonds. The molecule has 0 radical (unpaired) electrons. The monoisotopic (exact) mass is 904 g/mol. The second-order valence-electron chi connectivity index (χ2n) is 13.2. The van der Waals surface area contributed by atoms with Gasteiger partial charge in [0.1, 0.15) is 11.4 Å². The van der Waals surface area contributed by atoms with Crippen LogP contribution in [0.4, 0.5) is 26.3 Å². The summed E-state index contributed by atoms with van der Waals surface area (Å²) >= 11 is 0. The summed E-state index contributed by atoms with van der Waals surface area (Å²) in [5.74, 6) is 0. The molecule has 7 aromatic rings. The van der Waals surface area contributed by atoms with Crippen molar-refractivity contribution in [1.82, 2.24) is 40.3 Å². The number of hydrogen-bond donors (Lipinski definition) is 0. The van der Waals surface area contributed by atoms with Crippen LogP contribution in [0.3, 0.4) is 0 Å². The Morgan fingerprint density at radius 2 is 0.900 bits per heavy atom. The van der Waals surface area contributed by atoms with Crippen molar-refractivity contribution in [2.45, 2.75) is 47.0 Å². The largest absolute Gasteiger partial charge is 2.00 e. The molecule has 0 aliphatic carbocycles. The van der Waals surface area contributed by atoms with Gasteiger partial charge in [-0.2, -0.15) is 26.3 Å². The van der Waals surface area contributed by atoms with Gasteiger partial charge in [-0.15, -0.1) is 0 Å². The van der Waals surface area contributed by atoms with E-state index in [2.05, 4.69) is 77.8 Å². The third kappa shape index (κ3) is 10.8. The number of aryl methyl sites for hydroxylation is 2. The summed E-state index contributed by atoms with van der Waals surface area (Å²) in [6.07, 6.45) is 6.49. The summed E-state index contributed by atoms with van der Waals surface area (Å²) in [7, 11) is 0. The molecule has 0 saturated carbocycles. The maximum atomic E-state index is 13.0. The van der Waals surface area contributed by atoms with Gasteiger partial charge in [-0.1, -0.05) is 66.0 Å². The van der Waals surface area contributed by atoms with E-state index in [1.807, 2.05) is 95.6 Å². The number of nitrogens with zero attached hydrogens (tertiary/aromatic N) is 8. The minimum Gasteiger partial charge on any atom is -0.573 e. The van der Waals surface area contributed by atoms with E-state index in [1.165, 1.54) is 12.1 Å². The van der Waals surface area contributed by atoms with Crippen molar-refractivity contribution in [3.8, 4) is 56.7 Å². The molecule has 0 atom stereocenters. The Morgan fingerprint density at radius 1 is 0.500 bits per heavy atom. The summed E-state index contributed by atoms with van der Waals surface area (Å²) in [4.78, 5) is 18.1. The summed E-state index contributed by atoms with van der Waals surface area (Å²) in [6.45, 7) is 9.71. The maximum Gasteiger partial charge on any atom is 2.00 e. The SMILES string of the molecule is C/C=C/c1ccnc(-c2cc(/C=C/C)cc(-c3cc(/C=C/C)ccn3)n2)c1.Cc1cccc(C)c1-c1cc(-c2cc(C(F)(F)F)n[n-]2)nc(-c2cc(C(F)(F)F)n[n-]2)c1.[Ru+2]. The molecular formula is C45H36F6N8Ru. The molecule has 8 nitrogen and oxygen atoms in total. The standard InChI is InChI=1S/C24H23N3.C21H13F6N5.Ru/c1-4-7-18-10-12-25-21(14-18)23-16-20(9-6-3)17-24(27-23)22-15-19(8-5-2)11-13-26-22;1-10-4-3-5-11(2)19(10)12-6-13(15-8-17(31-29-15)20(22,23)24)28-14(7-12)16-9-18(32-30-16)21(25,26)27;/h4-17H,1-3H3;3-9H,1-2H3;/q;-2;+2/b7-4+,8-5+,9-6+;;. The average molecular weight is 904 g/mol. The summed E-state index contributed by atoms with van der Waals surface area (Å²) in [5, 5.41) is 13.4. The molecule has 60 heavy (non-hydrogen) atoms. The van der Waals surface area contributed by atoms with Gasteiger partial charge in [0.25, 0.3) is 0 Å². The summed E-state index contributed by atoms with van der Waals surface area (Å²) in [6, 6.07) is 22.2. The third-order valence-electron chi connectivity index (χ3n) is 8.80. The molecule has 0 aliphatic rings. The zero-order valence-electron chi connectivity index (χ0n) is 32.8. The van der Waals surface area contributed by atoms with E-state index in [1.54, 1.807) is 0 Å². The fourth-order valence-electron chi connectivity index (χ4n) is 6.19. The molecule has 6 aromatic heterocycles. The molecule has 0 unspecified atom stereocenters. The Kier molecular flexibility index (Phi) is 14.3. The van der Waals surface area contributed by atoms with E-state index < -0.39 is 23.7 Å². The topological polar surface area (TPSA) is 106 Å². The first kappa shape index (κ1) is 44.8. The van der Waals surface area contributed by atoms with E-state index in [9.17, 15) is 26.3 Å². The van der Waals surface area contributed by atoms with Crippen LogP contribution in [0.2, 0.25) is 0 Å². The van der Waals surface area contributed by atoms with E-state index in [-0.39, 0.29) is 42.3 Å². The number of pyridine rings is 4. The maximum absolute atomic E-state index is 13.0. The summed E-state index contributed by atoms with van der Waals surface area (Å²) < 4.78 is 77.9. The number of aromatic nitrogens is 8. The van der Waals surface area contributed by atoms with Gasteiger partial charge in [0.05, 0.1) is 34.2 Å². The first-order valence-corrected chi connectivity index (χ1v) is 18.2. The van der Waals surface area contributed by atoms with Gasteiger partial charge >= 0.3 is 31.8 Å². The van der Waals surface area contributed by atoms with Gasteiger partial charge in [-0.3, -0.25) is 15.0 Å². The first-order chi connectivity index (χ1) is 28.2. The molecule has 0 N–H and O–H groups in total. The fourth-order valence-corrected chi connectivity index (χ4v) is 6.19. The predicted molar refractivity (Wildman–Crippen MR) is 217 cm³/mol. The van der Waals surface area contributed by atoms with Gasteiger partial charge in [0, 0.05) is 12.4 Å². The number of allylic oxidation sites excluding steroid dienone is 3. The smallest absolute Gasteiger partial charge is 0.573 e. The Balaban J connectivity index is 0.000000227. The Bertz CT molecular complexity index is 2510. The van der Waals surface area contributed by atoms with Crippen LogP contribution in [0.1, 0.15) is 60.0 Å². The van der Waals surface area contributed by atoms with Gasteiger partial charge in [-0.25, -0.2) is 4.98 Å². The fraction of sp³-hybridized carbons (Fsp3) is 0.156. The second kappa shape index (κ2) is 19.2. The van der Waals surface area contributed by atoms with Crippen molar-refractivity contribution in [2.75, 3.05) is 0 Å². The van der Waals surface area contributed by atoms with Crippen LogP contribution in [-0.2, 0) is 31.8 Å². The molecule has 0 spiro atoms. The van der Waals surface area contributed by atoms with E-state index in [4.69, 9.17) is 4.98 Å². The number of hydrogen-bond acceptors (Lipinski definition) is 6. The molecular weight excluding hydrogens is 868 g/mol. The van der Waals surface area contributed by atoms with Crippen LogP contribution >= 0.6 is 0 Å². The molecule has 0 fully saturated rings. The van der Waals surface area contributed by atoms with Crippen molar-refractivity contribution in [3.63, 3.8) is 0 Å². The first-order valence-electron chi connectivity index (χ1n) is 18.2.